The summed E-state index contributed by atoms with van der Waals surface area (Å²) in [4.78, 5) is 39.6. The minimum Gasteiger partial charge on any atom is -0.489 e. The summed E-state index contributed by atoms with van der Waals surface area (Å²) in [5, 5.41) is 2.80. The number of carbonyl (C=O) groups excluding carboxylic acids is 3. The average molecular weight is 557 g/mol. The minimum atomic E-state index is -0.863. The number of urea groups is 1. The molecule has 7 nitrogen and oxygen atoms in total. The first-order valence-corrected chi connectivity index (χ1v) is 12.6. The number of hydrogen-bond donors (Lipinski definition) is 1. The van der Waals surface area contributed by atoms with Crippen LogP contribution in [0.5, 0.6) is 11.5 Å². The van der Waals surface area contributed by atoms with E-state index in [1.807, 2.05) is 18.2 Å². The summed E-state index contributed by atoms with van der Waals surface area (Å²) in [6.07, 6.45) is 1.37. The minimum absolute atomic E-state index is 0.149. The first kappa shape index (κ1) is 26.6. The van der Waals surface area contributed by atoms with Crippen molar-refractivity contribution in [2.24, 2.45) is 0 Å². The fraction of sp³-hybridized carbons (Fsp3) is 0.0645. The number of nitrogens with zero attached hydrogens (tertiary/aromatic N) is 1. The van der Waals surface area contributed by atoms with Crippen LogP contribution in [0, 0.1) is 5.82 Å². The van der Waals surface area contributed by atoms with E-state index in [2.05, 4.69) is 5.32 Å². The van der Waals surface area contributed by atoms with Crippen molar-refractivity contribution in [3.8, 4) is 11.5 Å². The third-order valence-electron chi connectivity index (χ3n) is 6.08. The lowest BCUT2D eigenvalue weighted by Crippen LogP contribution is -2.54. The molecule has 0 bridgehead atoms. The molecule has 4 aromatic rings. The van der Waals surface area contributed by atoms with Crippen molar-refractivity contribution >= 4 is 41.2 Å². The maximum atomic E-state index is 13.4. The Kier molecular flexibility index (Phi) is 7.89. The maximum Gasteiger partial charge on any atom is 0.335 e. The molecule has 5 rings (SSSR count). The standard InChI is InChI=1S/C31H22ClFN2O5/c32-27-7-3-1-6-22(27)19-39-25-15-13-24(14-16-25)35-30(37)26(29(36)34-31(35)38)17-21-5-2-4-8-28(21)40-18-20-9-11-23(33)12-10-20/h1-17H,18-19H2,(H,34,36,38)/b26-17+. The topological polar surface area (TPSA) is 84.9 Å². The van der Waals surface area contributed by atoms with Crippen molar-refractivity contribution in [3.05, 3.63) is 130 Å². The fourth-order valence-corrected chi connectivity index (χ4v) is 4.18. The number of carbonyl (C=O) groups is 3. The SMILES string of the molecule is O=C1NC(=O)N(c2ccc(OCc3ccccc3Cl)cc2)C(=O)/C1=C/c1ccccc1OCc1ccc(F)cc1. The van der Waals surface area contributed by atoms with Crippen LogP contribution in [-0.2, 0) is 22.8 Å². The zero-order valence-corrected chi connectivity index (χ0v) is 21.7. The van der Waals surface area contributed by atoms with Gasteiger partial charge in [0.15, 0.2) is 0 Å². The lowest BCUT2D eigenvalue weighted by molar-refractivity contribution is -0.122. The summed E-state index contributed by atoms with van der Waals surface area (Å²) < 4.78 is 24.8. The monoisotopic (exact) mass is 556 g/mol. The smallest absolute Gasteiger partial charge is 0.335 e. The molecule has 200 valence electrons. The lowest BCUT2D eigenvalue weighted by Gasteiger charge is -2.26. The Labute approximate surface area is 234 Å². The number of nitrogens with one attached hydrogen (secondary N) is 1. The van der Waals surface area contributed by atoms with Crippen molar-refractivity contribution in [1.82, 2.24) is 5.32 Å². The van der Waals surface area contributed by atoms with Crippen LogP contribution in [0.15, 0.2) is 103 Å². The number of anilines is 1. The molecular formula is C31H22ClFN2O5. The van der Waals surface area contributed by atoms with Gasteiger partial charge in [0.2, 0.25) is 0 Å². The summed E-state index contributed by atoms with van der Waals surface area (Å²) in [6.45, 7) is 0.391. The molecule has 1 N–H and O–H groups in total. The number of benzene rings is 4. The molecule has 1 aliphatic heterocycles. The number of halogens is 2. The highest BCUT2D eigenvalue weighted by Crippen LogP contribution is 2.28. The third kappa shape index (κ3) is 6.03. The Morgan fingerprint density at radius 3 is 2.25 bits per heavy atom. The van der Waals surface area contributed by atoms with Gasteiger partial charge in [-0.05, 0) is 60.2 Å². The number of ether oxygens (including phenoxy) is 2. The van der Waals surface area contributed by atoms with E-state index in [0.717, 1.165) is 16.0 Å². The van der Waals surface area contributed by atoms with Crippen LogP contribution in [0.25, 0.3) is 6.08 Å². The molecule has 0 aromatic heterocycles. The van der Waals surface area contributed by atoms with E-state index in [1.165, 1.54) is 18.2 Å². The van der Waals surface area contributed by atoms with Crippen molar-refractivity contribution in [2.45, 2.75) is 13.2 Å². The average Bonchev–Trinajstić information content (AvgIpc) is 2.96. The Bertz CT molecular complexity index is 1600. The van der Waals surface area contributed by atoms with Crippen LogP contribution in [0.4, 0.5) is 14.9 Å². The molecular weight excluding hydrogens is 535 g/mol. The quantitative estimate of drug-likeness (QED) is 0.203. The van der Waals surface area contributed by atoms with E-state index in [-0.39, 0.29) is 30.3 Å². The molecule has 4 amide bonds. The van der Waals surface area contributed by atoms with Crippen molar-refractivity contribution in [3.63, 3.8) is 0 Å². The second kappa shape index (κ2) is 11.8. The van der Waals surface area contributed by atoms with Crippen LogP contribution in [0.1, 0.15) is 16.7 Å². The second-order valence-corrected chi connectivity index (χ2v) is 9.19. The molecule has 0 radical (unpaired) electrons. The number of amides is 4. The Morgan fingerprint density at radius 1 is 0.800 bits per heavy atom. The van der Waals surface area contributed by atoms with Gasteiger partial charge in [0.05, 0.1) is 5.69 Å². The van der Waals surface area contributed by atoms with Crippen LogP contribution in [0.2, 0.25) is 5.02 Å². The molecule has 1 saturated heterocycles. The number of barbiturate groups is 1. The summed E-state index contributed by atoms with van der Waals surface area (Å²) in [6, 6.07) is 25.5. The van der Waals surface area contributed by atoms with Crippen LogP contribution >= 0.6 is 11.6 Å². The Hall–Kier alpha value is -4.95. The van der Waals surface area contributed by atoms with Crippen LogP contribution < -0.4 is 19.7 Å². The van der Waals surface area contributed by atoms with Gasteiger partial charge in [-0.2, -0.15) is 0 Å². The van der Waals surface area contributed by atoms with Crippen LogP contribution in [0.3, 0.4) is 0 Å². The van der Waals surface area contributed by atoms with Gasteiger partial charge in [0.25, 0.3) is 11.8 Å². The largest absolute Gasteiger partial charge is 0.489 e. The first-order valence-electron chi connectivity index (χ1n) is 12.2. The van der Waals surface area contributed by atoms with Crippen molar-refractivity contribution in [1.29, 1.82) is 0 Å². The van der Waals surface area contributed by atoms with E-state index in [4.69, 9.17) is 21.1 Å². The first-order chi connectivity index (χ1) is 19.4. The summed E-state index contributed by atoms with van der Waals surface area (Å²) >= 11 is 6.17. The second-order valence-electron chi connectivity index (χ2n) is 8.78. The number of hydrogen-bond acceptors (Lipinski definition) is 5. The molecule has 0 atom stereocenters. The predicted molar refractivity (Wildman–Crippen MR) is 148 cm³/mol. The molecule has 0 spiro atoms. The Balaban J connectivity index is 1.33. The van der Waals surface area contributed by atoms with E-state index in [9.17, 15) is 18.8 Å². The zero-order chi connectivity index (χ0) is 28.1. The normalized spacial score (nSPS) is 14.3. The number of rotatable bonds is 8. The van der Waals surface area contributed by atoms with Gasteiger partial charge in [0.1, 0.15) is 36.1 Å². The third-order valence-corrected chi connectivity index (χ3v) is 6.44. The van der Waals surface area contributed by atoms with E-state index in [1.54, 1.807) is 66.7 Å². The van der Waals surface area contributed by atoms with Gasteiger partial charge >= 0.3 is 6.03 Å². The molecule has 0 saturated carbocycles. The molecule has 0 aliphatic carbocycles. The van der Waals surface area contributed by atoms with Gasteiger partial charge in [-0.15, -0.1) is 0 Å². The van der Waals surface area contributed by atoms with E-state index < -0.39 is 17.8 Å². The van der Waals surface area contributed by atoms with E-state index >= 15 is 0 Å². The molecule has 1 aliphatic rings. The molecule has 0 unspecified atom stereocenters. The highest BCUT2D eigenvalue weighted by atomic mass is 35.5. The number of para-hydroxylation sites is 1. The molecule has 40 heavy (non-hydrogen) atoms. The van der Waals surface area contributed by atoms with Gasteiger partial charge in [0, 0.05) is 16.1 Å². The van der Waals surface area contributed by atoms with Gasteiger partial charge < -0.3 is 9.47 Å². The molecule has 4 aromatic carbocycles. The fourth-order valence-electron chi connectivity index (χ4n) is 3.99. The van der Waals surface area contributed by atoms with Crippen molar-refractivity contribution in [2.75, 3.05) is 4.90 Å². The highest BCUT2D eigenvalue weighted by molar-refractivity contribution is 6.39. The van der Waals surface area contributed by atoms with E-state index in [0.29, 0.717) is 22.1 Å². The van der Waals surface area contributed by atoms with Gasteiger partial charge in [-0.3, -0.25) is 14.9 Å². The molecule has 1 fully saturated rings. The number of imide groups is 2. The predicted octanol–water partition coefficient (Wildman–Crippen LogP) is 6.30. The molecule has 1 heterocycles. The molecule has 9 heteroatoms. The van der Waals surface area contributed by atoms with Gasteiger partial charge in [-0.25, -0.2) is 14.1 Å². The summed E-state index contributed by atoms with van der Waals surface area (Å²) in [5.74, 6) is -1.05. The Morgan fingerprint density at radius 2 is 1.50 bits per heavy atom. The van der Waals surface area contributed by atoms with Gasteiger partial charge in [-0.1, -0.05) is 60.1 Å². The zero-order valence-electron chi connectivity index (χ0n) is 21.0. The summed E-state index contributed by atoms with van der Waals surface area (Å²) in [5.41, 5.74) is 2.03. The highest BCUT2D eigenvalue weighted by Gasteiger charge is 2.37. The summed E-state index contributed by atoms with van der Waals surface area (Å²) in [7, 11) is 0. The lowest BCUT2D eigenvalue weighted by atomic mass is 10.1. The maximum absolute atomic E-state index is 13.4. The van der Waals surface area contributed by atoms with Crippen LogP contribution in [-0.4, -0.2) is 17.8 Å². The van der Waals surface area contributed by atoms with Crippen molar-refractivity contribution < 1.29 is 28.2 Å².